The average Bonchev–Trinajstić information content (AvgIpc) is 2.89. The van der Waals surface area contributed by atoms with Gasteiger partial charge in [0, 0.05) is 12.6 Å². The Morgan fingerprint density at radius 2 is 2.47 bits per heavy atom. The van der Waals surface area contributed by atoms with Crippen molar-refractivity contribution in [3.05, 3.63) is 24.2 Å². The third-order valence-electron chi connectivity index (χ3n) is 3.35. The van der Waals surface area contributed by atoms with Gasteiger partial charge in [0.2, 0.25) is 0 Å². The molecule has 2 rings (SSSR count). The molecule has 1 N–H and O–H groups in total. The number of rotatable bonds is 4. The number of furan rings is 1. The predicted molar refractivity (Wildman–Crippen MR) is 65.9 cm³/mol. The second-order valence-corrected chi connectivity index (χ2v) is 4.52. The summed E-state index contributed by atoms with van der Waals surface area (Å²) in [6.45, 7) is 1.81. The fourth-order valence-corrected chi connectivity index (χ4v) is 2.42. The van der Waals surface area contributed by atoms with Gasteiger partial charge in [-0.3, -0.25) is 4.79 Å². The molecule has 1 aliphatic heterocycles. The van der Waals surface area contributed by atoms with Crippen molar-refractivity contribution in [2.24, 2.45) is 0 Å². The summed E-state index contributed by atoms with van der Waals surface area (Å²) < 4.78 is 5.19. The van der Waals surface area contributed by atoms with Crippen LogP contribution < -0.4 is 5.32 Å². The van der Waals surface area contributed by atoms with Gasteiger partial charge in [0.1, 0.15) is 0 Å². The zero-order valence-corrected chi connectivity index (χ0v) is 10.3. The van der Waals surface area contributed by atoms with Gasteiger partial charge in [-0.1, -0.05) is 0 Å². The summed E-state index contributed by atoms with van der Waals surface area (Å²) in [6, 6.07) is 3.86. The van der Waals surface area contributed by atoms with E-state index in [2.05, 4.69) is 5.32 Å². The molecule has 4 heteroatoms. The summed E-state index contributed by atoms with van der Waals surface area (Å²) in [5.74, 6) is 0.497. The zero-order chi connectivity index (χ0) is 12.1. The zero-order valence-electron chi connectivity index (χ0n) is 10.3. The molecule has 0 spiro atoms. The first kappa shape index (κ1) is 12.2. The molecule has 0 radical (unpaired) electrons. The van der Waals surface area contributed by atoms with Crippen LogP contribution in [0.2, 0.25) is 0 Å². The first-order valence-electron chi connectivity index (χ1n) is 6.32. The molecule has 2 heterocycles. The van der Waals surface area contributed by atoms with E-state index in [4.69, 9.17) is 4.42 Å². The first-order valence-corrected chi connectivity index (χ1v) is 6.32. The molecule has 1 amide bonds. The topological polar surface area (TPSA) is 45.5 Å². The summed E-state index contributed by atoms with van der Waals surface area (Å²) in [7, 11) is 1.95. The molecule has 1 aromatic rings. The van der Waals surface area contributed by atoms with Crippen molar-refractivity contribution in [2.45, 2.75) is 31.7 Å². The van der Waals surface area contributed by atoms with E-state index in [1.165, 1.54) is 6.42 Å². The number of nitrogens with one attached hydrogen (secondary N) is 1. The number of likely N-dealkylation sites (tertiary alicyclic amines) is 1. The summed E-state index contributed by atoms with van der Waals surface area (Å²) in [6.07, 6.45) is 6.00. The summed E-state index contributed by atoms with van der Waals surface area (Å²) in [5.41, 5.74) is 0. The minimum atomic E-state index is 0.0378. The number of piperidine rings is 1. The van der Waals surface area contributed by atoms with Crippen LogP contribution in [0.1, 0.15) is 36.2 Å². The molecule has 4 nitrogen and oxygen atoms in total. The molecule has 0 aliphatic carbocycles. The summed E-state index contributed by atoms with van der Waals surface area (Å²) >= 11 is 0. The summed E-state index contributed by atoms with van der Waals surface area (Å²) in [5, 5.41) is 3.15. The molecule has 1 fully saturated rings. The number of carbonyl (C=O) groups excluding carboxylic acids is 1. The van der Waals surface area contributed by atoms with Crippen molar-refractivity contribution >= 4 is 5.91 Å². The third kappa shape index (κ3) is 2.88. The van der Waals surface area contributed by atoms with Crippen molar-refractivity contribution in [1.82, 2.24) is 10.2 Å². The second kappa shape index (κ2) is 5.87. The Balaban J connectivity index is 2.03. The van der Waals surface area contributed by atoms with Gasteiger partial charge < -0.3 is 14.6 Å². The molecule has 0 bridgehead atoms. The van der Waals surface area contributed by atoms with E-state index in [-0.39, 0.29) is 5.91 Å². The van der Waals surface area contributed by atoms with Gasteiger partial charge in [-0.15, -0.1) is 0 Å². The maximum absolute atomic E-state index is 12.2. The molecular weight excluding hydrogens is 216 g/mol. The van der Waals surface area contributed by atoms with Crippen LogP contribution in [-0.2, 0) is 0 Å². The SMILES string of the molecule is CNCCC1CCCCN1C(=O)c1ccco1. The fourth-order valence-electron chi connectivity index (χ4n) is 2.42. The maximum atomic E-state index is 12.2. The average molecular weight is 236 g/mol. The van der Waals surface area contributed by atoms with Crippen molar-refractivity contribution in [3.8, 4) is 0 Å². The van der Waals surface area contributed by atoms with Gasteiger partial charge in [0.25, 0.3) is 5.91 Å². The first-order chi connectivity index (χ1) is 8.33. The minimum absolute atomic E-state index is 0.0378. The number of carbonyl (C=O) groups is 1. The Kier molecular flexibility index (Phi) is 4.20. The Hall–Kier alpha value is -1.29. The lowest BCUT2D eigenvalue weighted by atomic mass is 9.99. The normalized spacial score (nSPS) is 20.5. The third-order valence-corrected chi connectivity index (χ3v) is 3.35. The van der Waals surface area contributed by atoms with Crippen molar-refractivity contribution < 1.29 is 9.21 Å². The summed E-state index contributed by atoms with van der Waals surface area (Å²) in [4.78, 5) is 14.2. The number of nitrogens with zero attached hydrogens (tertiary/aromatic N) is 1. The number of hydrogen-bond acceptors (Lipinski definition) is 3. The van der Waals surface area contributed by atoms with Gasteiger partial charge in [0.05, 0.1) is 6.26 Å². The smallest absolute Gasteiger partial charge is 0.289 e. The Morgan fingerprint density at radius 1 is 1.59 bits per heavy atom. The Bertz CT molecular complexity index is 348. The highest BCUT2D eigenvalue weighted by molar-refractivity contribution is 5.91. The van der Waals surface area contributed by atoms with Crippen LogP contribution >= 0.6 is 0 Å². The molecule has 17 heavy (non-hydrogen) atoms. The van der Waals surface area contributed by atoms with Crippen LogP contribution in [0.15, 0.2) is 22.8 Å². The molecule has 1 saturated heterocycles. The molecule has 1 aromatic heterocycles. The maximum Gasteiger partial charge on any atom is 0.289 e. The standard InChI is InChI=1S/C13H20N2O2/c1-14-8-7-11-5-2-3-9-15(11)13(16)12-6-4-10-17-12/h4,6,10-11,14H,2-3,5,7-9H2,1H3. The number of amides is 1. The molecule has 0 aromatic carbocycles. The number of hydrogen-bond donors (Lipinski definition) is 1. The van der Waals surface area contributed by atoms with Crippen LogP contribution in [0.25, 0.3) is 0 Å². The fraction of sp³-hybridized carbons (Fsp3) is 0.615. The van der Waals surface area contributed by atoms with Crippen LogP contribution in [0.3, 0.4) is 0 Å². The lowest BCUT2D eigenvalue weighted by Crippen LogP contribution is -2.44. The Morgan fingerprint density at radius 3 is 3.18 bits per heavy atom. The van der Waals surface area contributed by atoms with E-state index in [1.807, 2.05) is 11.9 Å². The highest BCUT2D eigenvalue weighted by Gasteiger charge is 2.28. The van der Waals surface area contributed by atoms with Crippen molar-refractivity contribution in [3.63, 3.8) is 0 Å². The lowest BCUT2D eigenvalue weighted by Gasteiger charge is -2.35. The van der Waals surface area contributed by atoms with E-state index in [0.29, 0.717) is 11.8 Å². The van der Waals surface area contributed by atoms with E-state index in [9.17, 15) is 4.79 Å². The largest absolute Gasteiger partial charge is 0.459 e. The molecule has 1 atom stereocenters. The van der Waals surface area contributed by atoms with E-state index < -0.39 is 0 Å². The molecule has 1 aliphatic rings. The second-order valence-electron chi connectivity index (χ2n) is 4.52. The van der Waals surface area contributed by atoms with E-state index >= 15 is 0 Å². The molecule has 1 unspecified atom stereocenters. The van der Waals surface area contributed by atoms with Gasteiger partial charge in [-0.05, 0) is 51.4 Å². The van der Waals surface area contributed by atoms with Crippen LogP contribution in [0, 0.1) is 0 Å². The minimum Gasteiger partial charge on any atom is -0.459 e. The van der Waals surface area contributed by atoms with Gasteiger partial charge >= 0.3 is 0 Å². The van der Waals surface area contributed by atoms with E-state index in [1.54, 1.807) is 18.4 Å². The predicted octanol–water partition coefficient (Wildman–Crippen LogP) is 1.88. The lowest BCUT2D eigenvalue weighted by molar-refractivity contribution is 0.0570. The quantitative estimate of drug-likeness (QED) is 0.868. The monoisotopic (exact) mass is 236 g/mol. The van der Waals surface area contributed by atoms with E-state index in [0.717, 1.165) is 32.4 Å². The Labute approximate surface area is 102 Å². The van der Waals surface area contributed by atoms with Gasteiger partial charge in [-0.2, -0.15) is 0 Å². The van der Waals surface area contributed by atoms with Crippen molar-refractivity contribution in [2.75, 3.05) is 20.1 Å². The highest BCUT2D eigenvalue weighted by Crippen LogP contribution is 2.21. The van der Waals surface area contributed by atoms with Gasteiger partial charge in [-0.25, -0.2) is 0 Å². The van der Waals surface area contributed by atoms with Gasteiger partial charge in [0.15, 0.2) is 5.76 Å². The van der Waals surface area contributed by atoms with Crippen LogP contribution in [0.5, 0.6) is 0 Å². The molecule has 94 valence electrons. The van der Waals surface area contributed by atoms with Crippen LogP contribution in [0.4, 0.5) is 0 Å². The van der Waals surface area contributed by atoms with Crippen molar-refractivity contribution in [1.29, 1.82) is 0 Å². The van der Waals surface area contributed by atoms with Crippen LogP contribution in [-0.4, -0.2) is 37.0 Å². The highest BCUT2D eigenvalue weighted by atomic mass is 16.3. The molecule has 0 saturated carbocycles. The molecular formula is C13H20N2O2.